The monoisotopic (exact) mass is 124 g/mol. The summed E-state index contributed by atoms with van der Waals surface area (Å²) in [7, 11) is 0. The molecule has 0 spiro atoms. The van der Waals surface area contributed by atoms with Crippen molar-refractivity contribution in [3.05, 3.63) is 23.5 Å². The fourth-order valence-corrected chi connectivity index (χ4v) is 0.791. The molecule has 1 atom stereocenters. The van der Waals surface area contributed by atoms with Crippen LogP contribution in [0.2, 0.25) is 0 Å². The Morgan fingerprint density at radius 1 is 1.56 bits per heavy atom. The lowest BCUT2D eigenvalue weighted by Gasteiger charge is -1.98. The fourth-order valence-electron chi connectivity index (χ4n) is 0.791. The molecule has 0 aliphatic carbocycles. The SMILES string of the molecule is Cc1ccc(C(C)N)[nH]1. The van der Waals surface area contributed by atoms with E-state index in [9.17, 15) is 0 Å². The predicted molar refractivity (Wildman–Crippen MR) is 38.1 cm³/mol. The maximum Gasteiger partial charge on any atom is 0.0419 e. The minimum atomic E-state index is 0.124. The maximum atomic E-state index is 5.60. The first-order chi connectivity index (χ1) is 4.20. The summed E-state index contributed by atoms with van der Waals surface area (Å²) in [4.78, 5) is 3.15. The highest BCUT2D eigenvalue weighted by Gasteiger charge is 1.98. The van der Waals surface area contributed by atoms with Gasteiger partial charge in [-0.15, -0.1) is 0 Å². The van der Waals surface area contributed by atoms with E-state index in [-0.39, 0.29) is 6.04 Å². The summed E-state index contributed by atoms with van der Waals surface area (Å²) in [5.41, 5.74) is 7.87. The van der Waals surface area contributed by atoms with Gasteiger partial charge in [-0.05, 0) is 26.0 Å². The third kappa shape index (κ3) is 1.33. The summed E-state index contributed by atoms with van der Waals surface area (Å²) in [6.07, 6.45) is 0. The number of aromatic nitrogens is 1. The molecule has 1 aromatic rings. The smallest absolute Gasteiger partial charge is 0.0419 e. The molecule has 0 saturated carbocycles. The minimum Gasteiger partial charge on any atom is -0.361 e. The summed E-state index contributed by atoms with van der Waals surface area (Å²) in [6, 6.07) is 4.16. The van der Waals surface area contributed by atoms with Crippen molar-refractivity contribution in [2.45, 2.75) is 19.9 Å². The molecule has 1 aromatic heterocycles. The maximum absolute atomic E-state index is 5.60. The average molecular weight is 124 g/mol. The van der Waals surface area contributed by atoms with E-state index >= 15 is 0 Å². The zero-order valence-electron chi connectivity index (χ0n) is 5.81. The zero-order valence-corrected chi connectivity index (χ0v) is 5.81. The molecular formula is C7H12N2. The number of hydrogen-bond donors (Lipinski definition) is 2. The minimum absolute atomic E-state index is 0.124. The standard InChI is InChI=1S/C7H12N2/c1-5-3-4-7(9-5)6(2)8/h3-4,6,9H,8H2,1-2H3. The Hall–Kier alpha value is -0.760. The molecule has 0 bridgehead atoms. The molecule has 0 saturated heterocycles. The molecule has 9 heavy (non-hydrogen) atoms. The molecule has 0 aliphatic heterocycles. The van der Waals surface area contributed by atoms with Crippen LogP contribution in [0.3, 0.4) is 0 Å². The first-order valence-electron chi connectivity index (χ1n) is 3.11. The number of aryl methyl sites for hydroxylation is 1. The predicted octanol–water partition coefficient (Wildman–Crippen LogP) is 1.34. The van der Waals surface area contributed by atoms with Gasteiger partial charge in [0.05, 0.1) is 0 Å². The van der Waals surface area contributed by atoms with Crippen LogP contribution in [0.15, 0.2) is 12.1 Å². The van der Waals surface area contributed by atoms with Gasteiger partial charge >= 0.3 is 0 Å². The zero-order chi connectivity index (χ0) is 6.85. The lowest BCUT2D eigenvalue weighted by molar-refractivity contribution is 0.786. The van der Waals surface area contributed by atoms with Crippen LogP contribution in [0.4, 0.5) is 0 Å². The van der Waals surface area contributed by atoms with Crippen molar-refractivity contribution < 1.29 is 0 Å². The number of H-pyrrole nitrogens is 1. The third-order valence-corrected chi connectivity index (χ3v) is 1.34. The van der Waals surface area contributed by atoms with Gasteiger partial charge < -0.3 is 10.7 Å². The Labute approximate surface area is 55.1 Å². The van der Waals surface area contributed by atoms with Crippen molar-refractivity contribution in [1.82, 2.24) is 4.98 Å². The number of nitrogens with two attached hydrogens (primary N) is 1. The van der Waals surface area contributed by atoms with Gasteiger partial charge in [-0.25, -0.2) is 0 Å². The van der Waals surface area contributed by atoms with Gasteiger partial charge in [-0.1, -0.05) is 0 Å². The molecule has 0 amide bonds. The van der Waals surface area contributed by atoms with Crippen molar-refractivity contribution in [3.63, 3.8) is 0 Å². The van der Waals surface area contributed by atoms with E-state index < -0.39 is 0 Å². The van der Waals surface area contributed by atoms with E-state index in [0.717, 1.165) is 5.69 Å². The van der Waals surface area contributed by atoms with Crippen LogP contribution < -0.4 is 5.73 Å². The topological polar surface area (TPSA) is 41.8 Å². The van der Waals surface area contributed by atoms with E-state index in [1.807, 2.05) is 26.0 Å². The van der Waals surface area contributed by atoms with Crippen molar-refractivity contribution in [2.75, 3.05) is 0 Å². The van der Waals surface area contributed by atoms with Gasteiger partial charge in [-0.2, -0.15) is 0 Å². The molecular weight excluding hydrogens is 112 g/mol. The van der Waals surface area contributed by atoms with Crippen LogP contribution >= 0.6 is 0 Å². The van der Waals surface area contributed by atoms with Gasteiger partial charge in [0.25, 0.3) is 0 Å². The van der Waals surface area contributed by atoms with Gasteiger partial charge in [0, 0.05) is 17.4 Å². The van der Waals surface area contributed by atoms with Gasteiger partial charge in [0.1, 0.15) is 0 Å². The first-order valence-corrected chi connectivity index (χ1v) is 3.11. The highest BCUT2D eigenvalue weighted by atomic mass is 14.8. The Morgan fingerprint density at radius 2 is 2.22 bits per heavy atom. The molecule has 1 rings (SSSR count). The average Bonchev–Trinajstić information content (AvgIpc) is 2.14. The van der Waals surface area contributed by atoms with Crippen molar-refractivity contribution in [1.29, 1.82) is 0 Å². The second-order valence-corrected chi connectivity index (χ2v) is 2.39. The van der Waals surface area contributed by atoms with Crippen LogP contribution in [0.1, 0.15) is 24.4 Å². The van der Waals surface area contributed by atoms with Crippen molar-refractivity contribution in [2.24, 2.45) is 5.73 Å². The van der Waals surface area contributed by atoms with Crippen LogP contribution in [0, 0.1) is 6.92 Å². The molecule has 1 heterocycles. The fraction of sp³-hybridized carbons (Fsp3) is 0.429. The summed E-state index contributed by atoms with van der Waals surface area (Å²) >= 11 is 0. The quantitative estimate of drug-likeness (QED) is 0.583. The van der Waals surface area contributed by atoms with E-state index in [2.05, 4.69) is 4.98 Å². The number of rotatable bonds is 1. The van der Waals surface area contributed by atoms with Crippen molar-refractivity contribution in [3.8, 4) is 0 Å². The molecule has 3 N–H and O–H groups in total. The summed E-state index contributed by atoms with van der Waals surface area (Å²) in [6.45, 7) is 3.98. The summed E-state index contributed by atoms with van der Waals surface area (Å²) < 4.78 is 0. The van der Waals surface area contributed by atoms with Gasteiger partial charge in [0.15, 0.2) is 0 Å². The Bertz CT molecular complexity index is 189. The van der Waals surface area contributed by atoms with E-state index in [0.29, 0.717) is 0 Å². The third-order valence-electron chi connectivity index (χ3n) is 1.34. The van der Waals surface area contributed by atoms with Crippen LogP contribution in [-0.2, 0) is 0 Å². The van der Waals surface area contributed by atoms with Crippen LogP contribution in [0.5, 0.6) is 0 Å². The number of hydrogen-bond acceptors (Lipinski definition) is 1. The normalized spacial score (nSPS) is 13.7. The Balaban J connectivity index is 2.85. The first kappa shape index (κ1) is 6.36. The molecule has 2 nitrogen and oxygen atoms in total. The van der Waals surface area contributed by atoms with Crippen LogP contribution in [0.25, 0.3) is 0 Å². The highest BCUT2D eigenvalue weighted by molar-refractivity contribution is 5.13. The highest BCUT2D eigenvalue weighted by Crippen LogP contribution is 2.07. The van der Waals surface area contributed by atoms with Gasteiger partial charge in [-0.3, -0.25) is 0 Å². The molecule has 0 aliphatic rings. The lowest BCUT2D eigenvalue weighted by atomic mass is 10.3. The molecule has 1 unspecified atom stereocenters. The van der Waals surface area contributed by atoms with E-state index in [1.165, 1.54) is 5.69 Å². The Kier molecular flexibility index (Phi) is 1.58. The second-order valence-electron chi connectivity index (χ2n) is 2.39. The largest absolute Gasteiger partial charge is 0.361 e. The molecule has 0 fully saturated rings. The molecule has 0 aromatic carbocycles. The Morgan fingerprint density at radius 3 is 2.44 bits per heavy atom. The van der Waals surface area contributed by atoms with Gasteiger partial charge in [0.2, 0.25) is 0 Å². The number of nitrogens with one attached hydrogen (secondary N) is 1. The summed E-state index contributed by atoms with van der Waals surface area (Å²) in [5, 5.41) is 0. The van der Waals surface area contributed by atoms with E-state index in [4.69, 9.17) is 5.73 Å². The van der Waals surface area contributed by atoms with E-state index in [1.54, 1.807) is 0 Å². The lowest BCUT2D eigenvalue weighted by Crippen LogP contribution is -2.04. The molecule has 50 valence electrons. The number of aromatic amines is 1. The molecule has 0 radical (unpaired) electrons. The van der Waals surface area contributed by atoms with Crippen molar-refractivity contribution >= 4 is 0 Å². The molecule has 2 heteroatoms. The second kappa shape index (κ2) is 2.23. The summed E-state index contributed by atoms with van der Waals surface area (Å²) in [5.74, 6) is 0. The van der Waals surface area contributed by atoms with Crippen LogP contribution in [-0.4, -0.2) is 4.98 Å².